The fraction of sp³-hybridized carbons (Fsp3) is 0.933. The van der Waals surface area contributed by atoms with E-state index in [0.29, 0.717) is 0 Å². The van der Waals surface area contributed by atoms with Gasteiger partial charge in [-0.15, -0.1) is 0 Å². The third-order valence-corrected chi connectivity index (χ3v) is 2.08. The Bertz CT molecular complexity index is 145. The van der Waals surface area contributed by atoms with Crippen molar-refractivity contribution < 1.29 is 24.5 Å². The summed E-state index contributed by atoms with van der Waals surface area (Å²) in [4.78, 5) is 9.77. The molecule has 5 heteroatoms. The van der Waals surface area contributed by atoms with E-state index in [1.807, 2.05) is 20.8 Å². The van der Waals surface area contributed by atoms with Crippen molar-refractivity contribution in [2.75, 3.05) is 26.4 Å². The van der Waals surface area contributed by atoms with Gasteiger partial charge in [0.25, 0.3) is 0 Å². The van der Waals surface area contributed by atoms with Gasteiger partial charge in [-0.05, 0) is 27.2 Å². The molecule has 0 rings (SSSR count). The summed E-state index contributed by atoms with van der Waals surface area (Å²) >= 11 is 0. The summed E-state index contributed by atoms with van der Waals surface area (Å²) < 4.78 is 10.1. The molecule has 0 aliphatic heterocycles. The van der Waals surface area contributed by atoms with Crippen molar-refractivity contribution in [2.45, 2.75) is 66.1 Å². The molecular formula is C15H34O5. The third kappa shape index (κ3) is 36.0. The van der Waals surface area contributed by atoms with Crippen LogP contribution >= 0.6 is 0 Å². The Morgan fingerprint density at radius 3 is 1.75 bits per heavy atom. The number of aliphatic hydroxyl groups is 2. The number of carbonyl (C=O) groups excluding carboxylic acids is 1. The van der Waals surface area contributed by atoms with Crippen LogP contribution in [-0.4, -0.2) is 49.2 Å². The van der Waals surface area contributed by atoms with E-state index in [2.05, 4.69) is 6.92 Å². The molecule has 124 valence electrons. The fourth-order valence-electron chi connectivity index (χ4n) is 1.17. The van der Waals surface area contributed by atoms with Crippen LogP contribution in [0.4, 0.5) is 0 Å². The van der Waals surface area contributed by atoms with Crippen molar-refractivity contribution in [3.63, 3.8) is 0 Å². The van der Waals surface area contributed by atoms with Gasteiger partial charge in [-0.3, -0.25) is 0 Å². The molecule has 5 nitrogen and oxygen atoms in total. The number of hydrogen-bond donors (Lipinski definition) is 2. The SMILES string of the molecule is CCCCCCC=O.CCOC(C)OCC.OCCO. The Morgan fingerprint density at radius 2 is 1.45 bits per heavy atom. The van der Waals surface area contributed by atoms with Crippen LogP contribution in [0.25, 0.3) is 0 Å². The highest BCUT2D eigenvalue weighted by atomic mass is 16.7. The smallest absolute Gasteiger partial charge is 0.154 e. The predicted octanol–water partition coefficient (Wildman–Crippen LogP) is 2.53. The van der Waals surface area contributed by atoms with Crippen molar-refractivity contribution in [1.29, 1.82) is 0 Å². The molecule has 0 radical (unpaired) electrons. The van der Waals surface area contributed by atoms with E-state index in [1.54, 1.807) is 0 Å². The monoisotopic (exact) mass is 294 g/mol. The van der Waals surface area contributed by atoms with Gasteiger partial charge >= 0.3 is 0 Å². The average molecular weight is 294 g/mol. The first kappa shape index (κ1) is 24.5. The zero-order chi connectivity index (χ0) is 16.1. The van der Waals surface area contributed by atoms with Gasteiger partial charge < -0.3 is 24.5 Å². The molecule has 0 amide bonds. The summed E-state index contributed by atoms with van der Waals surface area (Å²) in [5, 5.41) is 15.2. The minimum atomic E-state index is -0.125. The van der Waals surface area contributed by atoms with Gasteiger partial charge in [-0.2, -0.15) is 0 Å². The number of ether oxygens (including phenoxy) is 2. The van der Waals surface area contributed by atoms with Gasteiger partial charge in [-0.25, -0.2) is 0 Å². The second kappa shape index (κ2) is 27.0. The van der Waals surface area contributed by atoms with E-state index in [0.717, 1.165) is 32.3 Å². The lowest BCUT2D eigenvalue weighted by molar-refractivity contribution is -0.123. The predicted molar refractivity (Wildman–Crippen MR) is 81.7 cm³/mol. The highest BCUT2D eigenvalue weighted by Gasteiger charge is 1.94. The number of hydrogen-bond acceptors (Lipinski definition) is 5. The molecule has 0 aromatic carbocycles. The maximum Gasteiger partial charge on any atom is 0.154 e. The fourth-order valence-corrected chi connectivity index (χ4v) is 1.17. The first-order valence-corrected chi connectivity index (χ1v) is 7.52. The first-order chi connectivity index (χ1) is 9.64. The van der Waals surface area contributed by atoms with E-state index in [4.69, 9.17) is 19.7 Å². The molecule has 0 heterocycles. The van der Waals surface area contributed by atoms with Crippen LogP contribution in [-0.2, 0) is 14.3 Å². The molecule has 0 atom stereocenters. The average Bonchev–Trinajstić information content (AvgIpc) is 2.45. The number of carbonyl (C=O) groups is 1. The summed E-state index contributed by atoms with van der Waals surface area (Å²) in [5.41, 5.74) is 0. The molecule has 0 saturated carbocycles. The Kier molecular flexibility index (Phi) is 33.1. The van der Waals surface area contributed by atoms with Gasteiger partial charge in [0.1, 0.15) is 6.29 Å². The van der Waals surface area contributed by atoms with Crippen LogP contribution in [0.15, 0.2) is 0 Å². The standard InChI is InChI=1S/C7H14O.C6H14O2.C2H6O2/c1-2-3-4-5-6-7-8;1-4-7-6(3)8-5-2;3-1-2-4/h7H,2-6H2,1H3;6H,4-5H2,1-3H3;3-4H,1-2H2. The van der Waals surface area contributed by atoms with E-state index >= 15 is 0 Å². The van der Waals surface area contributed by atoms with Crippen LogP contribution in [0.2, 0.25) is 0 Å². The summed E-state index contributed by atoms with van der Waals surface area (Å²) in [6.07, 6.45) is 6.53. The second-order valence-electron chi connectivity index (χ2n) is 3.94. The molecule has 0 fully saturated rings. The van der Waals surface area contributed by atoms with Gasteiger partial charge in [0.15, 0.2) is 6.29 Å². The highest BCUT2D eigenvalue weighted by Crippen LogP contribution is 1.99. The topological polar surface area (TPSA) is 76.0 Å². The molecule has 0 aliphatic rings. The van der Waals surface area contributed by atoms with Crippen molar-refractivity contribution in [3.05, 3.63) is 0 Å². The van der Waals surface area contributed by atoms with E-state index < -0.39 is 0 Å². The van der Waals surface area contributed by atoms with E-state index in [1.165, 1.54) is 19.3 Å². The highest BCUT2D eigenvalue weighted by molar-refractivity contribution is 5.48. The summed E-state index contributed by atoms with van der Waals surface area (Å²) in [6, 6.07) is 0. The van der Waals surface area contributed by atoms with Gasteiger partial charge in [-0.1, -0.05) is 26.2 Å². The quantitative estimate of drug-likeness (QED) is 0.368. The third-order valence-electron chi connectivity index (χ3n) is 2.08. The summed E-state index contributed by atoms with van der Waals surface area (Å²) in [5.74, 6) is 0. The molecule has 0 bridgehead atoms. The minimum absolute atomic E-state index is 0.0370. The van der Waals surface area contributed by atoms with Crippen molar-refractivity contribution >= 4 is 6.29 Å². The summed E-state index contributed by atoms with van der Waals surface area (Å²) in [7, 11) is 0. The zero-order valence-electron chi connectivity index (χ0n) is 13.6. The molecule has 20 heavy (non-hydrogen) atoms. The molecule has 2 N–H and O–H groups in total. The van der Waals surface area contributed by atoms with Gasteiger partial charge in [0.2, 0.25) is 0 Å². The van der Waals surface area contributed by atoms with Crippen molar-refractivity contribution in [1.82, 2.24) is 0 Å². The lowest BCUT2D eigenvalue weighted by Gasteiger charge is -2.09. The lowest BCUT2D eigenvalue weighted by Crippen LogP contribution is -2.11. The second-order valence-corrected chi connectivity index (χ2v) is 3.94. The molecular weight excluding hydrogens is 260 g/mol. The van der Waals surface area contributed by atoms with Crippen LogP contribution in [0.5, 0.6) is 0 Å². The molecule has 0 unspecified atom stereocenters. The van der Waals surface area contributed by atoms with Crippen molar-refractivity contribution in [3.8, 4) is 0 Å². The first-order valence-electron chi connectivity index (χ1n) is 7.52. The maximum absolute atomic E-state index is 9.77. The minimum Gasteiger partial charge on any atom is -0.394 e. The van der Waals surface area contributed by atoms with Crippen molar-refractivity contribution in [2.24, 2.45) is 0 Å². The van der Waals surface area contributed by atoms with Crippen LogP contribution in [0.1, 0.15) is 59.8 Å². The number of unbranched alkanes of at least 4 members (excludes halogenated alkanes) is 4. The normalized spacial score (nSPS) is 9.35. The molecule has 0 saturated heterocycles. The number of rotatable bonds is 10. The zero-order valence-corrected chi connectivity index (χ0v) is 13.6. The number of aliphatic hydroxyl groups excluding tert-OH is 2. The van der Waals surface area contributed by atoms with Gasteiger partial charge in [0.05, 0.1) is 13.2 Å². The Hall–Kier alpha value is -0.490. The Morgan fingerprint density at radius 1 is 0.950 bits per heavy atom. The van der Waals surface area contributed by atoms with E-state index in [-0.39, 0.29) is 19.5 Å². The van der Waals surface area contributed by atoms with Gasteiger partial charge in [0, 0.05) is 19.6 Å². The molecule has 0 spiro atoms. The Labute approximate surface area is 124 Å². The molecule has 0 aliphatic carbocycles. The summed E-state index contributed by atoms with van der Waals surface area (Å²) in [6.45, 7) is 9.17. The Balaban J connectivity index is -0.000000230. The van der Waals surface area contributed by atoms with E-state index in [9.17, 15) is 4.79 Å². The van der Waals surface area contributed by atoms with Crippen LogP contribution in [0, 0.1) is 0 Å². The molecule has 0 aromatic heterocycles. The van der Waals surface area contributed by atoms with Crippen LogP contribution in [0.3, 0.4) is 0 Å². The molecule has 0 aromatic rings. The lowest BCUT2D eigenvalue weighted by atomic mass is 10.2. The van der Waals surface area contributed by atoms with Crippen LogP contribution < -0.4 is 0 Å². The largest absolute Gasteiger partial charge is 0.394 e. The number of aldehydes is 1. The maximum atomic E-state index is 9.77.